The molecule has 0 heterocycles. The molecule has 52 heavy (non-hydrogen) atoms. The first-order valence-corrected chi connectivity index (χ1v) is 20.4. The second-order valence-electron chi connectivity index (χ2n) is 13.1. The molecule has 0 atom stereocenters. The first-order chi connectivity index (χ1) is 24.8. The van der Waals surface area contributed by atoms with Crippen molar-refractivity contribution in [3.05, 3.63) is 24.3 Å². The van der Waals surface area contributed by atoms with Crippen LogP contribution >= 0.6 is 0 Å². The van der Waals surface area contributed by atoms with Crippen LogP contribution in [0.2, 0.25) is 0 Å². The third-order valence-electron chi connectivity index (χ3n) is 8.18. The van der Waals surface area contributed by atoms with Crippen molar-refractivity contribution in [3.8, 4) is 0 Å². The van der Waals surface area contributed by atoms with E-state index in [2.05, 4.69) is 39.1 Å². The molecule has 0 aromatic carbocycles. The van der Waals surface area contributed by atoms with Gasteiger partial charge in [0.15, 0.2) is 0 Å². The van der Waals surface area contributed by atoms with Crippen molar-refractivity contribution in [2.24, 2.45) is 5.73 Å². The zero-order chi connectivity index (χ0) is 38.5. The molecule has 0 aromatic rings. The molecule has 0 radical (unpaired) electrons. The van der Waals surface area contributed by atoms with Crippen molar-refractivity contribution in [2.75, 3.05) is 27.3 Å². The predicted octanol–water partition coefficient (Wildman–Crippen LogP) is 11.2. The smallest absolute Gasteiger partial charge is 0.305 e. The van der Waals surface area contributed by atoms with Gasteiger partial charge in [0.2, 0.25) is 5.91 Å². The van der Waals surface area contributed by atoms with Crippen LogP contribution in [0.1, 0.15) is 201 Å². The van der Waals surface area contributed by atoms with Crippen molar-refractivity contribution < 1.29 is 33.8 Å². The van der Waals surface area contributed by atoms with Crippen LogP contribution in [0.15, 0.2) is 24.3 Å². The van der Waals surface area contributed by atoms with Crippen LogP contribution < -0.4 is 11.1 Å². The molecule has 1 amide bonds. The van der Waals surface area contributed by atoms with E-state index in [9.17, 15) is 19.2 Å². The fourth-order valence-corrected chi connectivity index (χ4v) is 5.06. The number of rotatable bonds is 33. The van der Waals surface area contributed by atoms with Gasteiger partial charge in [0.05, 0.1) is 14.2 Å². The predicted molar refractivity (Wildman–Crippen MR) is 219 cm³/mol. The van der Waals surface area contributed by atoms with Gasteiger partial charge in [-0.05, 0) is 96.4 Å². The van der Waals surface area contributed by atoms with Crippen molar-refractivity contribution in [2.45, 2.75) is 201 Å². The Morgan fingerprint density at radius 2 is 0.865 bits per heavy atom. The number of amides is 1. The van der Waals surface area contributed by atoms with E-state index in [-0.39, 0.29) is 25.3 Å². The minimum absolute atomic E-state index is 0. The lowest BCUT2D eigenvalue weighted by Crippen LogP contribution is -2.23. The van der Waals surface area contributed by atoms with Gasteiger partial charge in [-0.3, -0.25) is 19.2 Å². The number of carboxylic acid groups (broad SMARTS) is 1. The largest absolute Gasteiger partial charge is 0.481 e. The summed E-state index contributed by atoms with van der Waals surface area (Å²) in [6.45, 7) is 5.49. The molecular formula is C43H84N2O7. The first-order valence-electron chi connectivity index (χ1n) is 20.4. The zero-order valence-corrected chi connectivity index (χ0v) is 33.5. The minimum Gasteiger partial charge on any atom is -0.481 e. The van der Waals surface area contributed by atoms with Crippen LogP contribution in [0, 0.1) is 0 Å². The van der Waals surface area contributed by atoms with Crippen LogP contribution in [0.3, 0.4) is 0 Å². The molecular weight excluding hydrogens is 656 g/mol. The summed E-state index contributed by atoms with van der Waals surface area (Å²) in [5.74, 6) is -0.699. The van der Waals surface area contributed by atoms with E-state index in [0.717, 1.165) is 77.3 Å². The van der Waals surface area contributed by atoms with Crippen LogP contribution in [0.4, 0.5) is 0 Å². The number of allylic oxidation sites excluding steroid dienone is 4. The molecule has 0 saturated heterocycles. The molecule has 9 nitrogen and oxygen atoms in total. The van der Waals surface area contributed by atoms with Gasteiger partial charge >= 0.3 is 17.9 Å². The highest BCUT2D eigenvalue weighted by Gasteiger charge is 2.00. The highest BCUT2D eigenvalue weighted by atomic mass is 16.5. The van der Waals surface area contributed by atoms with Crippen LogP contribution in [0.25, 0.3) is 0 Å². The Bertz CT molecular complexity index is 830. The highest BCUT2D eigenvalue weighted by molar-refractivity contribution is 5.75. The molecule has 308 valence electrons. The van der Waals surface area contributed by atoms with Crippen molar-refractivity contribution in [1.29, 1.82) is 0 Å². The maximum Gasteiger partial charge on any atom is 0.305 e. The quantitative estimate of drug-likeness (QED) is 0.0342. The molecule has 0 fully saturated rings. The van der Waals surface area contributed by atoms with Gasteiger partial charge in [-0.2, -0.15) is 0 Å². The van der Waals surface area contributed by atoms with E-state index in [1.807, 2.05) is 13.8 Å². The molecule has 0 bridgehead atoms. The summed E-state index contributed by atoms with van der Waals surface area (Å²) in [5.41, 5.74) is 5.44. The Morgan fingerprint density at radius 3 is 1.19 bits per heavy atom. The number of esters is 2. The number of ether oxygens (including phenoxy) is 2. The lowest BCUT2D eigenvalue weighted by atomic mass is 10.1. The standard InChI is InChI=1S/C21H39NO3.C17H33NO2.C4H8O2.CH4/c1-3-17-20(23)22-19-16-14-12-10-8-6-4-5-7-9-11-13-15-18-21(24)25-2;1-20-17(19)15-13-11-9-7-5-3-2-4-6-8-10-12-14-16-18;1-2-3-4(5)6;/h8,10H,3-7,9,11-19H2,1-2H3,(H,22,23);6,8H,2-5,7,9-16,18H2,1H3;2-3H2,1H3,(H,5,6);1H4/b10-8-;8-6-;;. The van der Waals surface area contributed by atoms with Gasteiger partial charge in [-0.25, -0.2) is 0 Å². The van der Waals surface area contributed by atoms with Crippen LogP contribution in [0.5, 0.6) is 0 Å². The van der Waals surface area contributed by atoms with Gasteiger partial charge in [-0.15, -0.1) is 0 Å². The summed E-state index contributed by atoms with van der Waals surface area (Å²) < 4.78 is 9.24. The minimum atomic E-state index is -0.711. The van der Waals surface area contributed by atoms with Gasteiger partial charge in [0.25, 0.3) is 0 Å². The number of carbonyl (C=O) groups excluding carboxylic acids is 3. The van der Waals surface area contributed by atoms with Crippen molar-refractivity contribution >= 4 is 23.8 Å². The van der Waals surface area contributed by atoms with E-state index in [4.69, 9.17) is 10.8 Å². The fourth-order valence-electron chi connectivity index (χ4n) is 5.06. The third-order valence-corrected chi connectivity index (χ3v) is 8.18. The van der Waals surface area contributed by atoms with E-state index >= 15 is 0 Å². The SMILES string of the molecule is C.CCCC(=O)NCCCC/C=C\CCCCCCCCCC(=O)OC.CCCC(=O)O.COC(=O)CCCCCCCCC/C=C\CCCCN. The second kappa shape index (κ2) is 50.4. The average Bonchev–Trinajstić information content (AvgIpc) is 3.11. The lowest BCUT2D eigenvalue weighted by molar-refractivity contribution is -0.141. The molecule has 0 aliphatic heterocycles. The summed E-state index contributed by atoms with van der Waals surface area (Å²) in [6, 6.07) is 0. The number of methoxy groups -OCH3 is 2. The Kier molecular flexibility index (Phi) is 54.4. The number of hydrogen-bond donors (Lipinski definition) is 3. The van der Waals surface area contributed by atoms with E-state index in [0.29, 0.717) is 25.7 Å². The van der Waals surface area contributed by atoms with Gasteiger partial charge in [0, 0.05) is 32.2 Å². The maximum atomic E-state index is 11.3. The Labute approximate surface area is 320 Å². The molecule has 0 unspecified atom stereocenters. The van der Waals surface area contributed by atoms with E-state index < -0.39 is 5.97 Å². The number of carbonyl (C=O) groups is 4. The Morgan fingerprint density at radius 1 is 0.519 bits per heavy atom. The van der Waals surface area contributed by atoms with Gasteiger partial charge < -0.3 is 25.6 Å². The van der Waals surface area contributed by atoms with Crippen molar-refractivity contribution in [3.63, 3.8) is 0 Å². The summed E-state index contributed by atoms with van der Waals surface area (Å²) in [5, 5.41) is 10.9. The lowest BCUT2D eigenvalue weighted by Gasteiger charge is -2.02. The monoisotopic (exact) mass is 741 g/mol. The summed E-state index contributed by atoms with van der Waals surface area (Å²) in [7, 11) is 2.90. The van der Waals surface area contributed by atoms with Crippen molar-refractivity contribution in [1.82, 2.24) is 5.32 Å². The summed E-state index contributed by atoms with van der Waals surface area (Å²) in [4.78, 5) is 42.7. The highest BCUT2D eigenvalue weighted by Crippen LogP contribution is 2.12. The zero-order valence-electron chi connectivity index (χ0n) is 33.5. The fraction of sp³-hybridized carbons (Fsp3) is 0.814. The van der Waals surface area contributed by atoms with Gasteiger partial charge in [0.1, 0.15) is 0 Å². The third kappa shape index (κ3) is 56.7. The molecule has 0 rings (SSSR count). The molecule has 0 aliphatic rings. The normalized spacial score (nSPS) is 10.5. The van der Waals surface area contributed by atoms with E-state index in [1.165, 1.54) is 104 Å². The molecule has 0 spiro atoms. The Hall–Kier alpha value is -2.68. The van der Waals surface area contributed by atoms with Crippen LogP contribution in [-0.2, 0) is 28.7 Å². The molecule has 0 saturated carbocycles. The molecule has 0 aliphatic carbocycles. The number of nitrogens with one attached hydrogen (secondary N) is 1. The first kappa shape index (κ1) is 56.1. The number of hydrogen-bond acceptors (Lipinski definition) is 7. The summed E-state index contributed by atoms with van der Waals surface area (Å²) in [6.07, 6.45) is 39.2. The molecule has 0 aromatic heterocycles. The second-order valence-corrected chi connectivity index (χ2v) is 13.1. The molecule has 9 heteroatoms. The Balaban J connectivity index is -0.000000382. The van der Waals surface area contributed by atoms with Gasteiger partial charge in [-0.1, -0.05) is 110 Å². The number of aliphatic carboxylic acids is 1. The summed E-state index contributed by atoms with van der Waals surface area (Å²) >= 11 is 0. The van der Waals surface area contributed by atoms with Crippen LogP contribution in [-0.4, -0.2) is 56.2 Å². The number of unbranched alkanes of at least 4 members (excludes halogenated alkanes) is 18. The topological polar surface area (TPSA) is 145 Å². The van der Waals surface area contributed by atoms with E-state index in [1.54, 1.807) is 0 Å². The maximum absolute atomic E-state index is 11.3. The molecule has 4 N–H and O–H groups in total. The number of nitrogens with two attached hydrogens (primary N) is 1. The number of carboxylic acids is 1. The average molecular weight is 741 g/mol.